The van der Waals surface area contributed by atoms with Gasteiger partial charge >= 0.3 is 0 Å². The minimum absolute atomic E-state index is 0.893. The molecule has 0 radical (unpaired) electrons. The van der Waals surface area contributed by atoms with Gasteiger partial charge in [0.2, 0.25) is 0 Å². The molecule has 0 saturated carbocycles. The molecule has 0 spiro atoms. The number of furan rings is 1. The zero-order chi connectivity index (χ0) is 33.5. The van der Waals surface area contributed by atoms with Gasteiger partial charge in [0.25, 0.3) is 0 Å². The van der Waals surface area contributed by atoms with Crippen LogP contribution in [0, 0.1) is 0 Å². The van der Waals surface area contributed by atoms with Gasteiger partial charge in [0.05, 0.1) is 0 Å². The fourth-order valence-corrected chi connectivity index (χ4v) is 7.66. The molecule has 1 heterocycles. The summed E-state index contributed by atoms with van der Waals surface area (Å²) in [5.74, 6) is 0.930. The molecule has 0 fully saturated rings. The molecule has 0 unspecified atom stereocenters. The molecular formula is C48H36O. The summed E-state index contributed by atoms with van der Waals surface area (Å²) in [6.07, 6.45) is 16.5. The highest BCUT2D eigenvalue weighted by molar-refractivity contribution is 6.18. The van der Waals surface area contributed by atoms with Gasteiger partial charge in [-0.25, -0.2) is 0 Å². The second kappa shape index (κ2) is 12.4. The van der Waals surface area contributed by atoms with E-state index in [0.29, 0.717) is 0 Å². The van der Waals surface area contributed by atoms with Crippen molar-refractivity contribution in [3.63, 3.8) is 0 Å². The summed E-state index contributed by atoms with van der Waals surface area (Å²) in [7, 11) is 0. The maximum atomic E-state index is 6.67. The second-order valence-electron chi connectivity index (χ2n) is 12.4. The van der Waals surface area contributed by atoms with Crippen LogP contribution in [0.15, 0.2) is 152 Å². The molecule has 49 heavy (non-hydrogen) atoms. The van der Waals surface area contributed by atoms with Crippen LogP contribution >= 0.6 is 0 Å². The first-order valence-corrected chi connectivity index (χ1v) is 16.8. The van der Waals surface area contributed by atoms with Crippen LogP contribution in [0.5, 0.6) is 0 Å². The summed E-state index contributed by atoms with van der Waals surface area (Å²) >= 11 is 0. The topological polar surface area (TPSA) is 13.1 Å². The molecule has 234 valence electrons. The molecule has 0 saturated heterocycles. The molecule has 8 rings (SSSR count). The van der Waals surface area contributed by atoms with E-state index in [-0.39, 0.29) is 0 Å². The number of fused-ring (bicyclic) bond motifs is 4. The van der Waals surface area contributed by atoms with Gasteiger partial charge in [0.1, 0.15) is 11.3 Å². The van der Waals surface area contributed by atoms with Crippen LogP contribution < -0.4 is 0 Å². The first-order valence-electron chi connectivity index (χ1n) is 16.8. The number of allylic oxidation sites excluding steroid dienone is 4. The van der Waals surface area contributed by atoms with Crippen LogP contribution in [0.1, 0.15) is 40.9 Å². The Labute approximate surface area is 287 Å². The number of rotatable bonds is 8. The summed E-state index contributed by atoms with van der Waals surface area (Å²) in [5, 5.41) is 5.76. The number of benzene rings is 6. The Balaban J connectivity index is 1.41. The van der Waals surface area contributed by atoms with E-state index in [0.717, 1.165) is 112 Å². The molecule has 6 aromatic carbocycles. The highest BCUT2D eigenvalue weighted by Crippen LogP contribution is 2.47. The predicted octanol–water partition coefficient (Wildman–Crippen LogP) is 14.0. The summed E-state index contributed by atoms with van der Waals surface area (Å²) in [5.41, 5.74) is 13.0. The fourth-order valence-electron chi connectivity index (χ4n) is 7.66. The van der Waals surface area contributed by atoms with Crippen LogP contribution in [-0.2, 0) is 0 Å². The van der Waals surface area contributed by atoms with Crippen molar-refractivity contribution in [3.05, 3.63) is 176 Å². The normalized spacial score (nSPS) is 12.7. The highest BCUT2D eigenvalue weighted by Gasteiger charge is 2.23. The van der Waals surface area contributed by atoms with Crippen molar-refractivity contribution in [2.24, 2.45) is 0 Å². The molecule has 1 aliphatic rings. The SMILES string of the molecule is C=Cc1cccc(-c2c(C=C)c(C=C)c(-c3ccc4c(ccc5oc(C6=CCCC=C6)c(-c6ccccc6)c54)c3)c3ccccc23)c1C=C. The standard InChI is InChI=1S/C48H36O/c1-5-31-22-17-25-40(36(31)6-2)46-38(8-4)37(7-3)44(41-23-15-16-24-42(41)46)35-26-28-39-34(30-35)27-29-43-47(39)45(32-18-11-9-12-19-32)48(49-43)33-20-13-10-14-21-33/h5-9,11-13,15-30H,1-4,10,14H2. The van der Waals surface area contributed by atoms with Crippen molar-refractivity contribution in [1.82, 2.24) is 0 Å². The lowest BCUT2D eigenvalue weighted by Crippen LogP contribution is -1.98. The molecule has 1 aromatic heterocycles. The van der Waals surface area contributed by atoms with Crippen LogP contribution in [0.2, 0.25) is 0 Å². The first kappa shape index (κ1) is 30.2. The van der Waals surface area contributed by atoms with E-state index >= 15 is 0 Å². The fraction of sp³-hybridized carbons (Fsp3) is 0.0417. The van der Waals surface area contributed by atoms with Crippen molar-refractivity contribution in [3.8, 4) is 33.4 Å². The van der Waals surface area contributed by atoms with Gasteiger partial charge < -0.3 is 4.42 Å². The molecule has 1 aliphatic carbocycles. The third-order valence-corrected chi connectivity index (χ3v) is 9.82. The van der Waals surface area contributed by atoms with Crippen LogP contribution in [0.3, 0.4) is 0 Å². The van der Waals surface area contributed by atoms with E-state index in [1.807, 2.05) is 24.3 Å². The van der Waals surface area contributed by atoms with E-state index < -0.39 is 0 Å². The van der Waals surface area contributed by atoms with Crippen LogP contribution in [0.25, 0.3) is 95.8 Å². The van der Waals surface area contributed by atoms with Crippen molar-refractivity contribution in [2.45, 2.75) is 12.8 Å². The molecule has 7 aromatic rings. The van der Waals surface area contributed by atoms with Gasteiger partial charge in [-0.1, -0.05) is 160 Å². The first-order chi connectivity index (χ1) is 24.2. The summed E-state index contributed by atoms with van der Waals surface area (Å²) in [6, 6.07) is 36.7. The summed E-state index contributed by atoms with van der Waals surface area (Å²) < 4.78 is 6.67. The molecule has 0 atom stereocenters. The highest BCUT2D eigenvalue weighted by atomic mass is 16.3. The maximum absolute atomic E-state index is 6.67. The zero-order valence-corrected chi connectivity index (χ0v) is 27.5. The third-order valence-electron chi connectivity index (χ3n) is 9.82. The van der Waals surface area contributed by atoms with Crippen LogP contribution in [0.4, 0.5) is 0 Å². The molecule has 0 bridgehead atoms. The van der Waals surface area contributed by atoms with Gasteiger partial charge in [-0.15, -0.1) is 0 Å². The van der Waals surface area contributed by atoms with Gasteiger partial charge in [-0.2, -0.15) is 0 Å². The van der Waals surface area contributed by atoms with E-state index in [1.165, 1.54) is 0 Å². The van der Waals surface area contributed by atoms with E-state index in [1.54, 1.807) is 0 Å². The molecule has 0 N–H and O–H groups in total. The monoisotopic (exact) mass is 628 g/mol. The molecule has 1 nitrogen and oxygen atoms in total. The Hall–Kier alpha value is -6.18. The Bertz CT molecular complexity index is 2550. The summed E-state index contributed by atoms with van der Waals surface area (Å²) in [6.45, 7) is 16.9. The lowest BCUT2D eigenvalue weighted by molar-refractivity contribution is 0.601. The Morgan fingerprint density at radius 3 is 2.00 bits per heavy atom. The average molecular weight is 629 g/mol. The smallest absolute Gasteiger partial charge is 0.142 e. The van der Waals surface area contributed by atoms with Crippen molar-refractivity contribution in [2.75, 3.05) is 0 Å². The van der Waals surface area contributed by atoms with Gasteiger partial charge in [-0.3, -0.25) is 0 Å². The minimum atomic E-state index is 0.893. The quantitative estimate of drug-likeness (QED) is 0.163. The lowest BCUT2D eigenvalue weighted by Gasteiger charge is -2.22. The van der Waals surface area contributed by atoms with E-state index in [4.69, 9.17) is 4.42 Å². The Morgan fingerprint density at radius 2 is 1.29 bits per heavy atom. The number of hydrogen-bond acceptors (Lipinski definition) is 1. The second-order valence-corrected chi connectivity index (χ2v) is 12.4. The predicted molar refractivity (Wildman–Crippen MR) is 214 cm³/mol. The molecule has 1 heteroatoms. The van der Waals surface area contributed by atoms with Crippen LogP contribution in [-0.4, -0.2) is 0 Å². The minimum Gasteiger partial charge on any atom is -0.455 e. The molecular weight excluding hydrogens is 593 g/mol. The summed E-state index contributed by atoms with van der Waals surface area (Å²) in [4.78, 5) is 0. The third kappa shape index (κ3) is 4.86. The molecule has 0 aliphatic heterocycles. The van der Waals surface area contributed by atoms with Crippen molar-refractivity contribution < 1.29 is 4.42 Å². The molecule has 0 amide bonds. The Kier molecular flexibility index (Phi) is 7.66. The average Bonchev–Trinajstić information content (AvgIpc) is 3.57. The largest absolute Gasteiger partial charge is 0.455 e. The Morgan fingerprint density at radius 1 is 0.551 bits per heavy atom. The number of hydrogen-bond donors (Lipinski definition) is 0. The van der Waals surface area contributed by atoms with Crippen molar-refractivity contribution >= 4 is 62.4 Å². The van der Waals surface area contributed by atoms with E-state index in [9.17, 15) is 0 Å². The lowest BCUT2D eigenvalue weighted by atomic mass is 9.81. The maximum Gasteiger partial charge on any atom is 0.142 e. The van der Waals surface area contributed by atoms with Gasteiger partial charge in [-0.05, 0) is 96.6 Å². The van der Waals surface area contributed by atoms with Crippen molar-refractivity contribution in [1.29, 1.82) is 0 Å². The zero-order valence-electron chi connectivity index (χ0n) is 27.5. The van der Waals surface area contributed by atoms with E-state index in [2.05, 4.69) is 148 Å². The van der Waals surface area contributed by atoms with Gasteiger partial charge in [0.15, 0.2) is 0 Å². The van der Waals surface area contributed by atoms with Gasteiger partial charge in [0, 0.05) is 16.5 Å².